The molecule has 0 amide bonds. The van der Waals surface area contributed by atoms with Gasteiger partial charge in [-0.2, -0.15) is 15.0 Å². The largest absolute Gasteiger partial charge is 0.372 e. The van der Waals surface area contributed by atoms with E-state index in [2.05, 4.69) is 35.6 Å². The van der Waals surface area contributed by atoms with Crippen molar-refractivity contribution < 1.29 is 13.5 Å². The summed E-state index contributed by atoms with van der Waals surface area (Å²) in [5.74, 6) is 0.765. The zero-order valence-electron chi connectivity index (χ0n) is 17.4. The zero-order chi connectivity index (χ0) is 22.0. The summed E-state index contributed by atoms with van der Waals surface area (Å²) >= 11 is 0. The molecule has 1 saturated carbocycles. The molecule has 4 rings (SSSR count). The van der Waals surface area contributed by atoms with Crippen LogP contribution in [0.2, 0.25) is 0 Å². The lowest BCUT2D eigenvalue weighted by Gasteiger charge is -2.15. The second-order valence-electron chi connectivity index (χ2n) is 7.61. The Morgan fingerprint density at radius 1 is 1.03 bits per heavy atom. The fourth-order valence-electron chi connectivity index (χ4n) is 3.13. The molecule has 8 nitrogen and oxygen atoms in total. The Bertz CT molecular complexity index is 1070. The van der Waals surface area contributed by atoms with Gasteiger partial charge in [0.25, 0.3) is 6.43 Å². The first-order valence-corrected chi connectivity index (χ1v) is 9.95. The number of pyridine rings is 2. The van der Waals surface area contributed by atoms with Gasteiger partial charge in [-0.25, -0.2) is 13.8 Å². The molecule has 3 aromatic rings. The minimum absolute atomic E-state index is 0.0624. The van der Waals surface area contributed by atoms with Crippen molar-refractivity contribution >= 4 is 17.6 Å². The molecule has 0 atom stereocenters. The second-order valence-corrected chi connectivity index (χ2v) is 7.61. The van der Waals surface area contributed by atoms with E-state index in [1.54, 1.807) is 25.4 Å². The van der Waals surface area contributed by atoms with Gasteiger partial charge in [-0.05, 0) is 51.0 Å². The summed E-state index contributed by atoms with van der Waals surface area (Å²) in [6.45, 7) is 3.89. The molecule has 3 aromatic heterocycles. The Morgan fingerprint density at radius 2 is 1.81 bits per heavy atom. The van der Waals surface area contributed by atoms with Crippen LogP contribution >= 0.6 is 0 Å². The number of hydrogen-bond acceptors (Lipinski definition) is 8. The molecule has 0 aromatic carbocycles. The molecule has 0 aliphatic heterocycles. The first-order chi connectivity index (χ1) is 14.9. The monoisotopic (exact) mass is 427 g/mol. The van der Waals surface area contributed by atoms with E-state index in [0.717, 1.165) is 24.2 Å². The number of ether oxygens (including phenoxy) is 1. The van der Waals surface area contributed by atoms with Crippen LogP contribution < -0.4 is 10.6 Å². The molecule has 1 fully saturated rings. The van der Waals surface area contributed by atoms with E-state index >= 15 is 0 Å². The SMILES string of the molecule is COC1(c2cc(Nc3nc(NC(C)C)nc(-c4cccc(C(F)F)n4)n3)ccn2)CC1. The molecule has 1 aliphatic rings. The third-order valence-corrected chi connectivity index (χ3v) is 4.85. The minimum Gasteiger partial charge on any atom is -0.372 e. The summed E-state index contributed by atoms with van der Waals surface area (Å²) in [6, 6.07) is 8.11. The van der Waals surface area contributed by atoms with Crippen LogP contribution in [0.25, 0.3) is 11.5 Å². The molecule has 3 heterocycles. The Kier molecular flexibility index (Phi) is 5.73. The molecule has 0 radical (unpaired) electrons. The number of nitrogens with zero attached hydrogens (tertiary/aromatic N) is 5. The summed E-state index contributed by atoms with van der Waals surface area (Å²) in [5, 5.41) is 6.28. The van der Waals surface area contributed by atoms with Gasteiger partial charge >= 0.3 is 0 Å². The third kappa shape index (κ3) is 4.74. The highest BCUT2D eigenvalue weighted by atomic mass is 19.3. The maximum Gasteiger partial charge on any atom is 0.280 e. The highest BCUT2D eigenvalue weighted by molar-refractivity contribution is 5.59. The van der Waals surface area contributed by atoms with Crippen LogP contribution in [0.3, 0.4) is 0 Å². The van der Waals surface area contributed by atoms with E-state index in [4.69, 9.17) is 4.74 Å². The van der Waals surface area contributed by atoms with Gasteiger partial charge in [0.2, 0.25) is 11.9 Å². The van der Waals surface area contributed by atoms with E-state index in [9.17, 15) is 8.78 Å². The third-order valence-electron chi connectivity index (χ3n) is 4.85. The van der Waals surface area contributed by atoms with Crippen LogP contribution in [-0.4, -0.2) is 38.1 Å². The summed E-state index contributed by atoms with van der Waals surface area (Å²) in [7, 11) is 1.68. The lowest BCUT2D eigenvalue weighted by molar-refractivity contribution is 0.0752. The predicted octanol–water partition coefficient (Wildman–Crippen LogP) is 4.47. The molecule has 1 aliphatic carbocycles. The van der Waals surface area contributed by atoms with Crippen LogP contribution in [0.15, 0.2) is 36.5 Å². The van der Waals surface area contributed by atoms with Crippen molar-refractivity contribution in [2.75, 3.05) is 17.7 Å². The first kappa shape index (κ1) is 21.0. The van der Waals surface area contributed by atoms with Crippen LogP contribution in [0.4, 0.5) is 26.4 Å². The number of anilines is 3. The Labute approximate surface area is 178 Å². The van der Waals surface area contributed by atoms with Crippen LogP contribution in [0, 0.1) is 0 Å². The molecule has 2 N–H and O–H groups in total. The first-order valence-electron chi connectivity index (χ1n) is 9.95. The highest BCUT2D eigenvalue weighted by Crippen LogP contribution is 2.48. The molecular formula is C21H23F2N7O. The van der Waals surface area contributed by atoms with Crippen molar-refractivity contribution in [1.29, 1.82) is 0 Å². The van der Waals surface area contributed by atoms with Crippen molar-refractivity contribution in [1.82, 2.24) is 24.9 Å². The van der Waals surface area contributed by atoms with E-state index < -0.39 is 6.43 Å². The lowest BCUT2D eigenvalue weighted by Crippen LogP contribution is -2.15. The maximum atomic E-state index is 13.1. The molecular weight excluding hydrogens is 404 g/mol. The number of nitrogens with one attached hydrogen (secondary N) is 2. The summed E-state index contributed by atoms with van der Waals surface area (Å²) in [4.78, 5) is 21.6. The normalized spacial score (nSPS) is 14.7. The van der Waals surface area contributed by atoms with Gasteiger partial charge in [-0.1, -0.05) is 6.07 Å². The molecule has 0 unspecified atom stereocenters. The molecule has 0 saturated heterocycles. The van der Waals surface area contributed by atoms with Crippen molar-refractivity contribution in [2.24, 2.45) is 0 Å². The molecule has 162 valence electrons. The minimum atomic E-state index is -2.68. The fraction of sp³-hybridized carbons (Fsp3) is 0.381. The second kappa shape index (κ2) is 8.46. The predicted molar refractivity (Wildman–Crippen MR) is 112 cm³/mol. The van der Waals surface area contributed by atoms with Crippen LogP contribution in [0.5, 0.6) is 0 Å². The zero-order valence-corrected chi connectivity index (χ0v) is 17.4. The van der Waals surface area contributed by atoms with Crippen molar-refractivity contribution in [2.45, 2.75) is 44.8 Å². The molecule has 0 spiro atoms. The Hall–Kier alpha value is -3.27. The average molecular weight is 427 g/mol. The van der Waals surface area contributed by atoms with Crippen molar-refractivity contribution in [3.8, 4) is 11.5 Å². The van der Waals surface area contributed by atoms with E-state index in [1.807, 2.05) is 19.9 Å². The molecule has 10 heteroatoms. The van der Waals surface area contributed by atoms with Gasteiger partial charge < -0.3 is 15.4 Å². The summed E-state index contributed by atoms with van der Waals surface area (Å²) in [6.07, 6.45) is 0.854. The van der Waals surface area contributed by atoms with Gasteiger partial charge in [-0.3, -0.25) is 4.98 Å². The summed E-state index contributed by atoms with van der Waals surface area (Å²) in [5.41, 5.74) is 1.14. The number of rotatable bonds is 8. The topological polar surface area (TPSA) is 97.7 Å². The number of methoxy groups -OCH3 is 1. The van der Waals surface area contributed by atoms with E-state index in [1.165, 1.54) is 12.1 Å². The quantitative estimate of drug-likeness (QED) is 0.544. The fourth-order valence-corrected chi connectivity index (χ4v) is 3.13. The van der Waals surface area contributed by atoms with Crippen molar-refractivity contribution in [3.05, 3.63) is 47.9 Å². The lowest BCUT2D eigenvalue weighted by atomic mass is 10.2. The van der Waals surface area contributed by atoms with Gasteiger partial charge in [0.05, 0.1) is 5.69 Å². The highest BCUT2D eigenvalue weighted by Gasteiger charge is 2.46. The van der Waals surface area contributed by atoms with Gasteiger partial charge in [0, 0.05) is 25.0 Å². The average Bonchev–Trinajstić information content (AvgIpc) is 3.55. The number of hydrogen-bond donors (Lipinski definition) is 2. The van der Waals surface area contributed by atoms with E-state index in [0.29, 0.717) is 5.95 Å². The standard InChI is InChI=1S/C21H23F2N7O/c1-12(2)25-19-28-18(15-6-4-5-14(27-15)17(22)23)29-20(30-19)26-13-7-10-24-16(11-13)21(31-3)8-9-21/h4-7,10-12,17H,8-9H2,1-3H3,(H2,24,25,26,28,29,30). The number of halogens is 2. The maximum absolute atomic E-state index is 13.1. The number of alkyl halides is 2. The number of aromatic nitrogens is 5. The smallest absolute Gasteiger partial charge is 0.280 e. The van der Waals surface area contributed by atoms with Crippen LogP contribution in [0.1, 0.15) is 44.5 Å². The van der Waals surface area contributed by atoms with E-state index in [-0.39, 0.29) is 34.8 Å². The Morgan fingerprint density at radius 3 is 2.48 bits per heavy atom. The molecule has 0 bridgehead atoms. The van der Waals surface area contributed by atoms with Gasteiger partial charge in [0.15, 0.2) is 5.82 Å². The van der Waals surface area contributed by atoms with Crippen molar-refractivity contribution in [3.63, 3.8) is 0 Å². The molecule has 31 heavy (non-hydrogen) atoms. The summed E-state index contributed by atoms with van der Waals surface area (Å²) < 4.78 is 31.8. The van der Waals surface area contributed by atoms with Gasteiger partial charge in [-0.15, -0.1) is 0 Å². The Balaban J connectivity index is 1.68. The van der Waals surface area contributed by atoms with Gasteiger partial charge in [0.1, 0.15) is 17.0 Å². The van der Waals surface area contributed by atoms with Crippen LogP contribution in [-0.2, 0) is 10.3 Å².